The fourth-order valence-electron chi connectivity index (χ4n) is 2.77. The number of aromatic nitrogens is 2. The molecule has 0 radical (unpaired) electrons. The lowest BCUT2D eigenvalue weighted by molar-refractivity contribution is -0.131. The molecule has 9 heteroatoms. The van der Waals surface area contributed by atoms with Crippen LogP contribution in [0, 0.1) is 0 Å². The molecule has 0 unspecified atom stereocenters. The summed E-state index contributed by atoms with van der Waals surface area (Å²) in [6.07, 6.45) is 1.59. The molecule has 0 aliphatic carbocycles. The van der Waals surface area contributed by atoms with Crippen LogP contribution in [0.4, 0.5) is 4.79 Å². The molecule has 1 aromatic carbocycles. The smallest absolute Gasteiger partial charge is 0.314 e. The average molecular weight is 344 g/mol. The molecule has 1 saturated heterocycles. The van der Waals surface area contributed by atoms with E-state index in [4.69, 9.17) is 0 Å². The van der Waals surface area contributed by atoms with Crippen molar-refractivity contribution >= 4 is 28.9 Å². The highest BCUT2D eigenvalue weighted by Crippen LogP contribution is 2.14. The van der Waals surface area contributed by atoms with Crippen molar-refractivity contribution in [2.45, 2.75) is 0 Å². The largest absolute Gasteiger partial charge is 0.345 e. The first kappa shape index (κ1) is 16.7. The van der Waals surface area contributed by atoms with E-state index in [-0.39, 0.29) is 18.4 Å². The third kappa shape index (κ3) is 3.70. The van der Waals surface area contributed by atoms with Crippen molar-refractivity contribution < 1.29 is 14.4 Å². The maximum atomic E-state index is 12.6. The maximum absolute atomic E-state index is 12.6. The monoisotopic (exact) mass is 344 g/mol. The Labute approximate surface area is 144 Å². The van der Waals surface area contributed by atoms with Gasteiger partial charge in [0.05, 0.1) is 23.9 Å². The van der Waals surface area contributed by atoms with Crippen LogP contribution < -0.4 is 10.6 Å². The molecule has 0 atom stereocenters. The molecule has 1 aliphatic heterocycles. The molecule has 3 rings (SSSR count). The number of urea groups is 1. The quantitative estimate of drug-likeness (QED) is 0.715. The Kier molecular flexibility index (Phi) is 4.82. The van der Waals surface area contributed by atoms with E-state index in [9.17, 15) is 14.4 Å². The number of H-pyrrole nitrogens is 1. The van der Waals surface area contributed by atoms with Crippen LogP contribution in [-0.4, -0.2) is 77.4 Å². The number of hydrogen-bond donors (Lipinski definition) is 3. The second-order valence-electron chi connectivity index (χ2n) is 5.74. The molecule has 2 heterocycles. The number of piperazine rings is 1. The van der Waals surface area contributed by atoms with Gasteiger partial charge in [-0.05, 0) is 18.2 Å². The lowest BCUT2D eigenvalue weighted by Gasteiger charge is -2.34. The van der Waals surface area contributed by atoms with Crippen LogP contribution >= 0.6 is 0 Å². The Bertz CT molecular complexity index is 794. The SMILES string of the molecule is CNC(=O)NCC(=O)N1CCN(C(=O)c2ccc3nc[nH]c3c2)CC1. The van der Waals surface area contributed by atoms with Crippen LogP contribution in [0.2, 0.25) is 0 Å². The summed E-state index contributed by atoms with van der Waals surface area (Å²) in [6, 6.07) is 4.96. The first-order chi connectivity index (χ1) is 12.1. The number of carbonyl (C=O) groups excluding carboxylic acids is 3. The predicted molar refractivity (Wildman–Crippen MR) is 91.0 cm³/mol. The fraction of sp³-hybridized carbons (Fsp3) is 0.375. The van der Waals surface area contributed by atoms with Gasteiger partial charge in [-0.2, -0.15) is 0 Å². The summed E-state index contributed by atoms with van der Waals surface area (Å²) in [7, 11) is 1.49. The molecule has 0 bridgehead atoms. The number of hydrogen-bond acceptors (Lipinski definition) is 4. The summed E-state index contributed by atoms with van der Waals surface area (Å²) in [6.45, 7) is 1.78. The van der Waals surface area contributed by atoms with E-state index < -0.39 is 6.03 Å². The number of imidazole rings is 1. The zero-order chi connectivity index (χ0) is 17.8. The van der Waals surface area contributed by atoms with E-state index in [1.54, 1.807) is 28.3 Å². The van der Waals surface area contributed by atoms with Gasteiger partial charge >= 0.3 is 6.03 Å². The van der Waals surface area contributed by atoms with E-state index >= 15 is 0 Å². The molecule has 4 amide bonds. The van der Waals surface area contributed by atoms with Gasteiger partial charge in [0.1, 0.15) is 0 Å². The molecule has 1 fully saturated rings. The molecule has 132 valence electrons. The molecule has 1 aliphatic rings. The van der Waals surface area contributed by atoms with E-state index in [1.807, 2.05) is 6.07 Å². The number of fused-ring (bicyclic) bond motifs is 1. The molecule has 3 N–H and O–H groups in total. The van der Waals surface area contributed by atoms with Crippen molar-refractivity contribution in [1.29, 1.82) is 0 Å². The van der Waals surface area contributed by atoms with Crippen molar-refractivity contribution in [3.63, 3.8) is 0 Å². The van der Waals surface area contributed by atoms with Gasteiger partial charge in [-0.1, -0.05) is 0 Å². The molecule has 25 heavy (non-hydrogen) atoms. The number of nitrogens with zero attached hydrogens (tertiary/aromatic N) is 3. The van der Waals surface area contributed by atoms with Gasteiger partial charge in [-0.15, -0.1) is 0 Å². The Morgan fingerprint density at radius 1 is 1.16 bits per heavy atom. The fourth-order valence-corrected chi connectivity index (χ4v) is 2.77. The van der Waals surface area contributed by atoms with Crippen molar-refractivity contribution in [3.8, 4) is 0 Å². The minimum atomic E-state index is -0.392. The van der Waals surface area contributed by atoms with E-state index in [1.165, 1.54) is 7.05 Å². The number of carbonyl (C=O) groups is 3. The normalized spacial score (nSPS) is 14.4. The van der Waals surface area contributed by atoms with Crippen molar-refractivity contribution in [2.24, 2.45) is 0 Å². The van der Waals surface area contributed by atoms with Crippen molar-refractivity contribution in [3.05, 3.63) is 30.1 Å². The summed E-state index contributed by atoms with van der Waals surface area (Å²) >= 11 is 0. The minimum absolute atomic E-state index is 0.0515. The molecule has 1 aromatic heterocycles. The summed E-state index contributed by atoms with van der Waals surface area (Å²) in [4.78, 5) is 46.3. The van der Waals surface area contributed by atoms with Crippen LogP contribution in [0.1, 0.15) is 10.4 Å². The average Bonchev–Trinajstić information content (AvgIpc) is 3.13. The number of benzene rings is 1. The van der Waals surface area contributed by atoms with Crippen LogP contribution in [0.3, 0.4) is 0 Å². The maximum Gasteiger partial charge on any atom is 0.314 e. The molecule has 2 aromatic rings. The zero-order valence-electron chi connectivity index (χ0n) is 13.9. The summed E-state index contributed by atoms with van der Waals surface area (Å²) in [5, 5.41) is 4.87. The molecule has 9 nitrogen and oxygen atoms in total. The van der Waals surface area contributed by atoms with Gasteiger partial charge < -0.3 is 25.4 Å². The number of rotatable bonds is 3. The third-order valence-electron chi connectivity index (χ3n) is 4.21. The van der Waals surface area contributed by atoms with E-state index in [2.05, 4.69) is 20.6 Å². The van der Waals surface area contributed by atoms with Gasteiger partial charge in [0.15, 0.2) is 0 Å². The van der Waals surface area contributed by atoms with Crippen molar-refractivity contribution in [1.82, 2.24) is 30.4 Å². The first-order valence-corrected chi connectivity index (χ1v) is 8.04. The minimum Gasteiger partial charge on any atom is -0.345 e. The van der Waals surface area contributed by atoms with Gasteiger partial charge in [0.25, 0.3) is 5.91 Å². The highest BCUT2D eigenvalue weighted by molar-refractivity contribution is 5.97. The van der Waals surface area contributed by atoms with Crippen LogP contribution in [0.15, 0.2) is 24.5 Å². The number of amides is 4. The summed E-state index contributed by atoms with van der Waals surface area (Å²) in [5.41, 5.74) is 2.23. The second-order valence-corrected chi connectivity index (χ2v) is 5.74. The van der Waals surface area contributed by atoms with Crippen LogP contribution in [0.5, 0.6) is 0 Å². The third-order valence-corrected chi connectivity index (χ3v) is 4.21. The summed E-state index contributed by atoms with van der Waals surface area (Å²) < 4.78 is 0. The lowest BCUT2D eigenvalue weighted by Crippen LogP contribution is -2.53. The Balaban J connectivity index is 1.55. The second kappa shape index (κ2) is 7.20. The standard InChI is InChI=1S/C16H20N6O3/c1-17-16(25)18-9-14(23)21-4-6-22(7-5-21)15(24)11-2-3-12-13(8-11)20-10-19-12/h2-3,8,10H,4-7,9H2,1H3,(H,19,20)(H2,17,18,25). The molecule has 0 spiro atoms. The molecular weight excluding hydrogens is 324 g/mol. The Morgan fingerprint density at radius 3 is 2.60 bits per heavy atom. The van der Waals surface area contributed by atoms with Gasteiger partial charge in [-0.25, -0.2) is 9.78 Å². The van der Waals surface area contributed by atoms with E-state index in [0.29, 0.717) is 31.7 Å². The van der Waals surface area contributed by atoms with Crippen LogP contribution in [0.25, 0.3) is 11.0 Å². The predicted octanol–water partition coefficient (Wildman–Crippen LogP) is -0.224. The first-order valence-electron chi connectivity index (χ1n) is 8.04. The molecular formula is C16H20N6O3. The van der Waals surface area contributed by atoms with E-state index in [0.717, 1.165) is 11.0 Å². The zero-order valence-corrected chi connectivity index (χ0v) is 13.9. The van der Waals surface area contributed by atoms with Crippen molar-refractivity contribution in [2.75, 3.05) is 39.8 Å². The highest BCUT2D eigenvalue weighted by Gasteiger charge is 2.25. The summed E-state index contributed by atoms with van der Waals surface area (Å²) in [5.74, 6) is -0.221. The number of aromatic amines is 1. The Hall–Kier alpha value is -3.10. The van der Waals surface area contributed by atoms with Gasteiger partial charge in [0, 0.05) is 38.8 Å². The van der Waals surface area contributed by atoms with Gasteiger partial charge in [-0.3, -0.25) is 9.59 Å². The van der Waals surface area contributed by atoms with Gasteiger partial charge in [0.2, 0.25) is 5.91 Å². The lowest BCUT2D eigenvalue weighted by atomic mass is 10.1. The topological polar surface area (TPSA) is 110 Å². The Morgan fingerprint density at radius 2 is 1.88 bits per heavy atom. The molecule has 0 saturated carbocycles. The highest BCUT2D eigenvalue weighted by atomic mass is 16.2. The number of nitrogens with one attached hydrogen (secondary N) is 3. The van der Waals surface area contributed by atoms with Crippen LogP contribution in [-0.2, 0) is 4.79 Å².